The normalized spacial score (nSPS) is 16.0. The number of hydrogen-bond acceptors (Lipinski definition) is 4. The van der Waals surface area contributed by atoms with Gasteiger partial charge < -0.3 is 14.6 Å². The number of fused-ring (bicyclic) bond motifs is 1. The summed E-state index contributed by atoms with van der Waals surface area (Å²) in [4.78, 5) is 23.3. The first-order chi connectivity index (χ1) is 19.0. The van der Waals surface area contributed by atoms with Crippen molar-refractivity contribution in [2.24, 2.45) is 0 Å². The van der Waals surface area contributed by atoms with Crippen molar-refractivity contribution >= 4 is 11.9 Å². The van der Waals surface area contributed by atoms with Crippen LogP contribution >= 0.6 is 0 Å². The Kier molecular flexibility index (Phi) is 9.02. The Hall–Kier alpha value is -3.60. The summed E-state index contributed by atoms with van der Waals surface area (Å²) in [7, 11) is 0. The highest BCUT2D eigenvalue weighted by Gasteiger charge is 2.37. The summed E-state index contributed by atoms with van der Waals surface area (Å²) >= 11 is 0. The molecule has 0 heterocycles. The minimum atomic E-state index is -0.932. The van der Waals surface area contributed by atoms with Crippen LogP contribution in [0, 0.1) is 0 Å². The molecular weight excluding hydrogens is 500 g/mol. The Labute approximate surface area is 238 Å². The van der Waals surface area contributed by atoms with Gasteiger partial charge in [-0.25, -0.2) is 4.79 Å². The van der Waals surface area contributed by atoms with Crippen molar-refractivity contribution in [1.82, 2.24) is 0 Å². The van der Waals surface area contributed by atoms with Crippen LogP contribution < -0.4 is 4.74 Å². The molecule has 1 N–H and O–H groups in total. The van der Waals surface area contributed by atoms with E-state index >= 15 is 0 Å². The third kappa shape index (κ3) is 6.93. The molecule has 40 heavy (non-hydrogen) atoms. The van der Waals surface area contributed by atoms with Crippen molar-refractivity contribution in [3.63, 3.8) is 0 Å². The molecule has 0 spiro atoms. The summed E-state index contributed by atoms with van der Waals surface area (Å²) in [5.41, 5.74) is 6.63. The van der Waals surface area contributed by atoms with Crippen LogP contribution in [0.15, 0.2) is 66.7 Å². The fourth-order valence-corrected chi connectivity index (χ4v) is 5.73. The van der Waals surface area contributed by atoms with Crippen LogP contribution in [0.1, 0.15) is 99.7 Å². The van der Waals surface area contributed by atoms with Gasteiger partial charge in [0.15, 0.2) is 0 Å². The molecule has 5 nitrogen and oxygen atoms in total. The molecule has 3 aromatic rings. The van der Waals surface area contributed by atoms with Crippen LogP contribution in [0.2, 0.25) is 0 Å². The highest BCUT2D eigenvalue weighted by molar-refractivity contribution is 5.88. The van der Waals surface area contributed by atoms with E-state index in [1.807, 2.05) is 43.3 Å². The predicted octanol–water partition coefficient (Wildman–Crippen LogP) is 8.30. The largest absolute Gasteiger partial charge is 0.494 e. The van der Waals surface area contributed by atoms with Crippen molar-refractivity contribution in [3.8, 4) is 16.9 Å². The molecule has 0 aromatic heterocycles. The molecule has 1 aliphatic carbocycles. The molecule has 0 aliphatic heterocycles. The van der Waals surface area contributed by atoms with Gasteiger partial charge in [-0.3, -0.25) is 4.79 Å². The maximum Gasteiger partial charge on any atom is 0.335 e. The lowest BCUT2D eigenvalue weighted by atomic mass is 9.62. The molecule has 1 unspecified atom stereocenters. The minimum Gasteiger partial charge on any atom is -0.494 e. The number of aromatic carboxylic acids is 1. The van der Waals surface area contributed by atoms with Gasteiger partial charge in [0.1, 0.15) is 5.75 Å². The van der Waals surface area contributed by atoms with Crippen LogP contribution in [0.25, 0.3) is 11.1 Å². The number of ether oxygens (including phenoxy) is 2. The van der Waals surface area contributed by atoms with Gasteiger partial charge >= 0.3 is 11.9 Å². The van der Waals surface area contributed by atoms with E-state index in [4.69, 9.17) is 14.6 Å². The Morgan fingerprint density at radius 2 is 1.43 bits per heavy atom. The van der Waals surface area contributed by atoms with E-state index in [-0.39, 0.29) is 28.3 Å². The fourth-order valence-electron chi connectivity index (χ4n) is 5.73. The van der Waals surface area contributed by atoms with Crippen LogP contribution in [0.3, 0.4) is 0 Å². The van der Waals surface area contributed by atoms with Crippen molar-refractivity contribution in [1.29, 1.82) is 0 Å². The summed E-state index contributed by atoms with van der Waals surface area (Å²) < 4.78 is 11.4. The number of hydrogen-bond donors (Lipinski definition) is 1. The average molecular weight is 543 g/mol. The van der Waals surface area contributed by atoms with Gasteiger partial charge in [-0.1, -0.05) is 70.2 Å². The number of rotatable bonds is 11. The first-order valence-electron chi connectivity index (χ1n) is 14.4. The van der Waals surface area contributed by atoms with Crippen LogP contribution in [0.5, 0.6) is 5.75 Å². The molecule has 0 fully saturated rings. The summed E-state index contributed by atoms with van der Waals surface area (Å²) in [6, 6.07) is 21.7. The lowest BCUT2D eigenvalue weighted by Gasteiger charge is -2.42. The van der Waals surface area contributed by atoms with Crippen molar-refractivity contribution < 1.29 is 24.2 Å². The third-order valence-electron chi connectivity index (χ3n) is 8.41. The molecule has 212 valence electrons. The fraction of sp³-hybridized carbons (Fsp3) is 0.429. The van der Waals surface area contributed by atoms with Gasteiger partial charge in [-0.15, -0.1) is 0 Å². The Balaban J connectivity index is 1.46. The zero-order valence-electron chi connectivity index (χ0n) is 24.5. The number of carbonyl (C=O) groups excluding carboxylic acids is 1. The van der Waals surface area contributed by atoms with Gasteiger partial charge in [0.05, 0.1) is 18.8 Å². The summed E-state index contributed by atoms with van der Waals surface area (Å²) in [6.07, 6.45) is 4.24. The highest BCUT2D eigenvalue weighted by Crippen LogP contribution is 2.46. The van der Waals surface area contributed by atoms with Gasteiger partial charge in [0.25, 0.3) is 0 Å². The van der Waals surface area contributed by atoms with Crippen molar-refractivity contribution in [2.75, 3.05) is 13.2 Å². The van der Waals surface area contributed by atoms with E-state index in [0.717, 1.165) is 36.1 Å². The number of carboxylic acids is 1. The molecule has 0 saturated carbocycles. The first kappa shape index (κ1) is 29.4. The Bertz CT molecular complexity index is 1320. The average Bonchev–Trinajstić information content (AvgIpc) is 2.93. The molecule has 0 amide bonds. The quantitative estimate of drug-likeness (QED) is 0.247. The zero-order chi connectivity index (χ0) is 28.9. The van der Waals surface area contributed by atoms with E-state index < -0.39 is 5.97 Å². The third-order valence-corrected chi connectivity index (χ3v) is 8.41. The van der Waals surface area contributed by atoms with Crippen LogP contribution in [-0.4, -0.2) is 30.3 Å². The number of carboxylic acid groups (broad SMARTS) is 1. The topological polar surface area (TPSA) is 72.8 Å². The molecule has 3 aromatic carbocycles. The van der Waals surface area contributed by atoms with Crippen molar-refractivity contribution in [2.45, 2.75) is 83.5 Å². The second kappa shape index (κ2) is 12.3. The highest BCUT2D eigenvalue weighted by atomic mass is 16.5. The smallest absolute Gasteiger partial charge is 0.335 e. The predicted molar refractivity (Wildman–Crippen MR) is 159 cm³/mol. The molecule has 1 aliphatic rings. The van der Waals surface area contributed by atoms with Crippen LogP contribution in [-0.2, 0) is 20.4 Å². The van der Waals surface area contributed by atoms with Crippen molar-refractivity contribution in [3.05, 3.63) is 89.0 Å². The molecular formula is C35H42O5. The second-order valence-corrected chi connectivity index (χ2v) is 12.2. The van der Waals surface area contributed by atoms with E-state index in [2.05, 4.69) is 45.9 Å². The molecule has 0 saturated heterocycles. The molecule has 0 bridgehead atoms. The number of carbonyl (C=O) groups is 2. The van der Waals surface area contributed by atoms with Crippen LogP contribution in [0.4, 0.5) is 0 Å². The maximum atomic E-state index is 12.2. The SMILES string of the molecule is CCOC(=O)CCC(CCOc1ccc(-c2ccc(C(=O)O)cc2)cc1)c1ccc2c(c1)C(C)(C)CCC2(C)C. The molecule has 4 rings (SSSR count). The molecule has 1 atom stereocenters. The maximum absolute atomic E-state index is 12.2. The van der Waals surface area contributed by atoms with Gasteiger partial charge in [-0.05, 0) is 101 Å². The Morgan fingerprint density at radius 3 is 2.02 bits per heavy atom. The second-order valence-electron chi connectivity index (χ2n) is 12.2. The van der Waals surface area contributed by atoms with E-state index in [1.54, 1.807) is 12.1 Å². The summed E-state index contributed by atoms with van der Waals surface area (Å²) in [5, 5.41) is 9.12. The first-order valence-corrected chi connectivity index (χ1v) is 14.4. The zero-order valence-corrected chi connectivity index (χ0v) is 24.5. The van der Waals surface area contributed by atoms with Gasteiger partial charge in [0.2, 0.25) is 0 Å². The lowest BCUT2D eigenvalue weighted by molar-refractivity contribution is -0.143. The van der Waals surface area contributed by atoms with Gasteiger partial charge in [0, 0.05) is 6.42 Å². The summed E-state index contributed by atoms with van der Waals surface area (Å²) in [6.45, 7) is 12.1. The Morgan fingerprint density at radius 1 is 0.825 bits per heavy atom. The molecule has 0 radical (unpaired) electrons. The minimum absolute atomic E-state index is 0.124. The van der Waals surface area contributed by atoms with E-state index in [9.17, 15) is 9.59 Å². The standard InChI is InChI=1S/C35H42O5/c1-6-39-32(36)18-14-26(28-13-17-30-31(23-28)35(4,5)21-20-34(30,2)3)19-22-40-29-15-11-25(12-16-29)24-7-9-27(10-8-24)33(37)38/h7-13,15-17,23,26H,6,14,18-22H2,1-5H3,(H,37,38). The lowest BCUT2D eigenvalue weighted by Crippen LogP contribution is -2.34. The monoisotopic (exact) mass is 542 g/mol. The van der Waals surface area contributed by atoms with E-state index in [0.29, 0.717) is 19.6 Å². The number of esters is 1. The van der Waals surface area contributed by atoms with Gasteiger partial charge in [-0.2, -0.15) is 0 Å². The number of benzene rings is 3. The van der Waals surface area contributed by atoms with E-state index in [1.165, 1.54) is 23.1 Å². The molecule has 5 heteroatoms. The summed E-state index contributed by atoms with van der Waals surface area (Å²) in [5.74, 6) is -0.121.